The normalized spacial score (nSPS) is 11.7. The second-order valence-electron chi connectivity index (χ2n) is 14.1. The second kappa shape index (κ2) is 12.2. The first-order chi connectivity index (χ1) is 26.8. The van der Waals surface area contributed by atoms with Gasteiger partial charge in [0.2, 0.25) is 0 Å². The second-order valence-corrected chi connectivity index (χ2v) is 14.1. The molecule has 252 valence electrons. The van der Waals surface area contributed by atoms with E-state index in [0.717, 1.165) is 11.4 Å². The summed E-state index contributed by atoms with van der Waals surface area (Å²) >= 11 is 0. The van der Waals surface area contributed by atoms with Crippen molar-refractivity contribution in [1.29, 1.82) is 0 Å². The molecule has 0 saturated heterocycles. The molecule has 0 spiro atoms. The minimum Gasteiger partial charge on any atom is -0.309 e. The molecule has 0 amide bonds. The number of para-hydroxylation sites is 2. The van der Waals surface area contributed by atoms with E-state index in [1.54, 1.807) is 0 Å². The maximum Gasteiger partial charge on any atom is 0.0641 e. The zero-order chi connectivity index (χ0) is 35.6. The molecule has 11 aromatic rings. The van der Waals surface area contributed by atoms with Gasteiger partial charge in [-0.25, -0.2) is 0 Å². The van der Waals surface area contributed by atoms with Gasteiger partial charge in [-0.2, -0.15) is 0 Å². The van der Waals surface area contributed by atoms with Crippen molar-refractivity contribution in [3.05, 3.63) is 206 Å². The Labute approximate surface area is 313 Å². The molecule has 0 fully saturated rings. The fraction of sp³-hybridized carbons (Fsp3) is 0. The molecular weight excluding hydrogens is 653 g/mol. The number of aromatic nitrogens is 2. The summed E-state index contributed by atoms with van der Waals surface area (Å²) in [5, 5.41) is 7.57. The molecule has 0 unspecified atom stereocenters. The van der Waals surface area contributed by atoms with Crippen molar-refractivity contribution in [2.45, 2.75) is 0 Å². The third kappa shape index (κ3) is 4.74. The van der Waals surface area contributed by atoms with Crippen LogP contribution >= 0.6 is 0 Å². The lowest BCUT2D eigenvalue weighted by molar-refractivity contribution is 1.17. The third-order valence-corrected chi connectivity index (χ3v) is 11.1. The average molecular weight is 687 g/mol. The SMILES string of the molecule is c1ccc(-c2ccc(-n3c4ccccc4c4ccc5c(c6ccccc6n5-c5ccc(-c6ccc(-c7cccc8ccccc78)cc6)cc5)c43)cc2)cc1. The molecule has 9 aromatic carbocycles. The van der Waals surface area contributed by atoms with Gasteiger partial charge < -0.3 is 9.13 Å². The van der Waals surface area contributed by atoms with E-state index in [-0.39, 0.29) is 0 Å². The van der Waals surface area contributed by atoms with Crippen molar-refractivity contribution >= 4 is 54.4 Å². The molecule has 0 N–H and O–H groups in total. The molecule has 0 aliphatic rings. The van der Waals surface area contributed by atoms with Gasteiger partial charge in [0.15, 0.2) is 0 Å². The summed E-state index contributed by atoms with van der Waals surface area (Å²) in [4.78, 5) is 0. The fourth-order valence-electron chi connectivity index (χ4n) is 8.61. The topological polar surface area (TPSA) is 9.86 Å². The molecule has 0 atom stereocenters. The Kier molecular flexibility index (Phi) is 6.90. The van der Waals surface area contributed by atoms with Crippen molar-refractivity contribution in [2.24, 2.45) is 0 Å². The highest BCUT2D eigenvalue weighted by Crippen LogP contribution is 2.42. The van der Waals surface area contributed by atoms with Gasteiger partial charge in [0.05, 0.1) is 22.1 Å². The molecule has 2 heterocycles. The number of benzene rings is 9. The molecule has 0 aliphatic heterocycles. The van der Waals surface area contributed by atoms with E-state index < -0.39 is 0 Å². The van der Waals surface area contributed by atoms with E-state index in [0.29, 0.717) is 0 Å². The summed E-state index contributed by atoms with van der Waals surface area (Å²) in [5.74, 6) is 0. The Morgan fingerprint density at radius 2 is 0.759 bits per heavy atom. The van der Waals surface area contributed by atoms with Crippen molar-refractivity contribution in [2.75, 3.05) is 0 Å². The number of hydrogen-bond donors (Lipinski definition) is 0. The van der Waals surface area contributed by atoms with Crippen molar-refractivity contribution < 1.29 is 0 Å². The predicted octanol–water partition coefficient (Wildman–Crippen LogP) is 14.0. The van der Waals surface area contributed by atoms with Crippen molar-refractivity contribution in [3.63, 3.8) is 0 Å². The lowest BCUT2D eigenvalue weighted by Crippen LogP contribution is -1.95. The van der Waals surface area contributed by atoms with Crippen LogP contribution in [0.4, 0.5) is 0 Å². The van der Waals surface area contributed by atoms with Crippen LogP contribution in [-0.4, -0.2) is 9.13 Å². The van der Waals surface area contributed by atoms with Gasteiger partial charge in [-0.15, -0.1) is 0 Å². The molecule has 0 aliphatic carbocycles. The summed E-state index contributed by atoms with van der Waals surface area (Å²) in [7, 11) is 0. The minimum absolute atomic E-state index is 1.14. The van der Waals surface area contributed by atoms with Gasteiger partial charge in [0.25, 0.3) is 0 Å². The highest BCUT2D eigenvalue weighted by atomic mass is 15.0. The van der Waals surface area contributed by atoms with E-state index in [1.165, 1.54) is 87.8 Å². The highest BCUT2D eigenvalue weighted by molar-refractivity contribution is 6.26. The van der Waals surface area contributed by atoms with Crippen LogP contribution in [0.2, 0.25) is 0 Å². The van der Waals surface area contributed by atoms with E-state index in [2.05, 4.69) is 215 Å². The molecular formula is C52H34N2. The van der Waals surface area contributed by atoms with Gasteiger partial charge in [-0.3, -0.25) is 0 Å². The predicted molar refractivity (Wildman–Crippen MR) is 229 cm³/mol. The quantitative estimate of drug-likeness (QED) is 0.171. The van der Waals surface area contributed by atoms with Crippen molar-refractivity contribution in [1.82, 2.24) is 9.13 Å². The third-order valence-electron chi connectivity index (χ3n) is 11.1. The molecule has 0 bridgehead atoms. The number of fused-ring (bicyclic) bond motifs is 8. The zero-order valence-corrected chi connectivity index (χ0v) is 29.5. The number of nitrogens with zero attached hydrogens (tertiary/aromatic N) is 2. The number of rotatable bonds is 5. The van der Waals surface area contributed by atoms with Crippen LogP contribution in [0.25, 0.3) is 99.1 Å². The van der Waals surface area contributed by atoms with E-state index in [1.807, 2.05) is 0 Å². The molecule has 11 rings (SSSR count). The van der Waals surface area contributed by atoms with Crippen LogP contribution in [0.15, 0.2) is 206 Å². The highest BCUT2D eigenvalue weighted by Gasteiger charge is 2.20. The molecule has 54 heavy (non-hydrogen) atoms. The van der Waals surface area contributed by atoms with Crippen LogP contribution in [0.5, 0.6) is 0 Å². The van der Waals surface area contributed by atoms with E-state index in [9.17, 15) is 0 Å². The Morgan fingerprint density at radius 1 is 0.259 bits per heavy atom. The monoisotopic (exact) mass is 686 g/mol. The standard InChI is InChI=1S/C52H34N2/c1-2-11-35(12-3-1)37-27-31-42(32-28-37)54-48-19-8-6-16-45(48)46-33-34-50-51(52(46)54)47-17-7-9-20-49(47)53(50)41-29-25-38(26-30-41)36-21-23-40(24-22-36)44-18-10-14-39-13-4-5-15-43(39)44/h1-34H. The van der Waals surface area contributed by atoms with Crippen LogP contribution in [0.3, 0.4) is 0 Å². The van der Waals surface area contributed by atoms with Crippen LogP contribution in [0, 0.1) is 0 Å². The summed E-state index contributed by atoms with van der Waals surface area (Å²) in [6.07, 6.45) is 0. The van der Waals surface area contributed by atoms with Gasteiger partial charge in [-0.1, -0.05) is 164 Å². The zero-order valence-electron chi connectivity index (χ0n) is 29.5. The maximum absolute atomic E-state index is 2.46. The molecule has 0 radical (unpaired) electrons. The summed E-state index contributed by atoms with van der Waals surface area (Å²) < 4.78 is 4.89. The molecule has 2 aromatic heterocycles. The van der Waals surface area contributed by atoms with Gasteiger partial charge in [-0.05, 0) is 86.6 Å². The van der Waals surface area contributed by atoms with Crippen LogP contribution in [-0.2, 0) is 0 Å². The average Bonchev–Trinajstić information content (AvgIpc) is 3.77. The van der Waals surface area contributed by atoms with Gasteiger partial charge in [0, 0.05) is 32.9 Å². The smallest absolute Gasteiger partial charge is 0.0641 e. The van der Waals surface area contributed by atoms with Crippen LogP contribution in [0.1, 0.15) is 0 Å². The Hall–Kier alpha value is -7.16. The first-order valence-corrected chi connectivity index (χ1v) is 18.6. The van der Waals surface area contributed by atoms with Crippen LogP contribution < -0.4 is 0 Å². The Morgan fingerprint density at radius 3 is 1.46 bits per heavy atom. The van der Waals surface area contributed by atoms with E-state index >= 15 is 0 Å². The fourth-order valence-corrected chi connectivity index (χ4v) is 8.61. The van der Waals surface area contributed by atoms with E-state index in [4.69, 9.17) is 0 Å². The maximum atomic E-state index is 2.46. The largest absolute Gasteiger partial charge is 0.309 e. The first kappa shape index (κ1) is 30.5. The molecule has 2 nitrogen and oxygen atoms in total. The van der Waals surface area contributed by atoms with Crippen molar-refractivity contribution in [3.8, 4) is 44.8 Å². The Balaban J connectivity index is 1.04. The lowest BCUT2D eigenvalue weighted by Gasteiger charge is -2.12. The molecule has 0 saturated carbocycles. The summed E-state index contributed by atoms with van der Waals surface area (Å²) in [6.45, 7) is 0. The molecule has 2 heteroatoms. The lowest BCUT2D eigenvalue weighted by atomic mass is 9.96. The summed E-state index contributed by atoms with van der Waals surface area (Å²) in [5.41, 5.74) is 14.5. The summed E-state index contributed by atoms with van der Waals surface area (Å²) in [6, 6.07) is 75.1. The number of hydrogen-bond acceptors (Lipinski definition) is 0. The minimum atomic E-state index is 1.14. The Bertz CT molecular complexity index is 3160. The van der Waals surface area contributed by atoms with Gasteiger partial charge in [0.1, 0.15) is 0 Å². The van der Waals surface area contributed by atoms with Gasteiger partial charge >= 0.3 is 0 Å². The first-order valence-electron chi connectivity index (χ1n) is 18.6.